The van der Waals surface area contributed by atoms with E-state index in [-0.39, 0.29) is 11.8 Å². The predicted molar refractivity (Wildman–Crippen MR) is 79.0 cm³/mol. The third-order valence-corrected chi connectivity index (χ3v) is 5.09. The number of hydrogen-bond donors (Lipinski definition) is 2. The summed E-state index contributed by atoms with van der Waals surface area (Å²) in [6.45, 7) is 5.55. The average molecular weight is 266 g/mol. The summed E-state index contributed by atoms with van der Waals surface area (Å²) in [7, 11) is 0. The number of rotatable bonds is 5. The molecule has 2 N–H and O–H groups in total. The van der Waals surface area contributed by atoms with Gasteiger partial charge in [0.05, 0.1) is 0 Å². The summed E-state index contributed by atoms with van der Waals surface area (Å²) >= 11 is 0. The van der Waals surface area contributed by atoms with Crippen LogP contribution >= 0.6 is 0 Å². The summed E-state index contributed by atoms with van der Waals surface area (Å²) in [6, 6.07) is 0.683. The molecule has 2 fully saturated rings. The van der Waals surface area contributed by atoms with Crippen LogP contribution in [0.1, 0.15) is 65.2 Å². The van der Waals surface area contributed by atoms with Crippen LogP contribution in [0.2, 0.25) is 0 Å². The number of amides is 1. The third kappa shape index (κ3) is 4.20. The Kier molecular flexibility index (Phi) is 5.26. The fourth-order valence-corrected chi connectivity index (χ4v) is 3.73. The van der Waals surface area contributed by atoms with Crippen molar-refractivity contribution in [1.29, 1.82) is 0 Å². The Morgan fingerprint density at radius 3 is 2.32 bits per heavy atom. The van der Waals surface area contributed by atoms with E-state index in [1.807, 2.05) is 13.8 Å². The standard InChI is InChI=1S/C16H30N2O/c1-13(2)15(19)18-12-11-17-14-5-9-16(10-6-14)7-3-4-8-16/h13-14,17H,3-12H2,1-2H3,(H,18,19). The Morgan fingerprint density at radius 1 is 1.11 bits per heavy atom. The van der Waals surface area contributed by atoms with Gasteiger partial charge >= 0.3 is 0 Å². The van der Waals surface area contributed by atoms with Gasteiger partial charge in [0.15, 0.2) is 0 Å². The van der Waals surface area contributed by atoms with Crippen LogP contribution in [0.25, 0.3) is 0 Å². The highest BCUT2D eigenvalue weighted by atomic mass is 16.1. The molecule has 0 radical (unpaired) electrons. The van der Waals surface area contributed by atoms with E-state index in [1.54, 1.807) is 0 Å². The first kappa shape index (κ1) is 14.8. The molecule has 0 aromatic carbocycles. The lowest BCUT2D eigenvalue weighted by Gasteiger charge is -2.37. The van der Waals surface area contributed by atoms with Crippen LogP contribution in [-0.2, 0) is 4.79 Å². The minimum atomic E-state index is 0.0944. The predicted octanol–water partition coefficient (Wildman–Crippen LogP) is 2.85. The molecule has 0 bridgehead atoms. The van der Waals surface area contributed by atoms with Crippen LogP contribution in [0, 0.1) is 11.3 Å². The van der Waals surface area contributed by atoms with E-state index < -0.39 is 0 Å². The van der Waals surface area contributed by atoms with Gasteiger partial charge in [0.2, 0.25) is 5.91 Å². The first-order valence-corrected chi connectivity index (χ1v) is 8.12. The van der Waals surface area contributed by atoms with Gasteiger partial charge in [-0.3, -0.25) is 4.79 Å². The summed E-state index contributed by atoms with van der Waals surface area (Å²) in [6.07, 6.45) is 11.4. The molecule has 0 heterocycles. The van der Waals surface area contributed by atoms with Crippen molar-refractivity contribution in [2.45, 2.75) is 71.3 Å². The molecule has 2 aliphatic carbocycles. The van der Waals surface area contributed by atoms with E-state index >= 15 is 0 Å². The molecular formula is C16H30N2O. The highest BCUT2D eigenvalue weighted by Gasteiger charge is 2.37. The molecule has 2 rings (SSSR count). The normalized spacial score (nSPS) is 23.1. The Balaban J connectivity index is 1.57. The summed E-state index contributed by atoms with van der Waals surface area (Å²) in [5, 5.41) is 6.58. The monoisotopic (exact) mass is 266 g/mol. The molecule has 0 atom stereocenters. The van der Waals surface area contributed by atoms with Crippen molar-refractivity contribution in [2.24, 2.45) is 11.3 Å². The molecule has 19 heavy (non-hydrogen) atoms. The molecule has 1 amide bonds. The molecule has 2 aliphatic rings. The van der Waals surface area contributed by atoms with Gasteiger partial charge in [0, 0.05) is 25.0 Å². The van der Waals surface area contributed by atoms with Crippen LogP contribution in [0.3, 0.4) is 0 Å². The van der Waals surface area contributed by atoms with Gasteiger partial charge < -0.3 is 10.6 Å². The minimum Gasteiger partial charge on any atom is -0.355 e. The maximum Gasteiger partial charge on any atom is 0.222 e. The van der Waals surface area contributed by atoms with Gasteiger partial charge in [-0.15, -0.1) is 0 Å². The lowest BCUT2D eigenvalue weighted by Crippen LogP contribution is -2.41. The zero-order chi connectivity index (χ0) is 13.7. The topological polar surface area (TPSA) is 41.1 Å². The second kappa shape index (κ2) is 6.74. The molecule has 0 aromatic rings. The fraction of sp³-hybridized carbons (Fsp3) is 0.938. The summed E-state index contributed by atoms with van der Waals surface area (Å²) in [4.78, 5) is 11.4. The second-order valence-electron chi connectivity index (χ2n) is 6.88. The number of carbonyl (C=O) groups excluding carboxylic acids is 1. The Labute approximate surface area is 117 Å². The number of carbonyl (C=O) groups is 1. The van der Waals surface area contributed by atoms with Crippen molar-refractivity contribution in [2.75, 3.05) is 13.1 Å². The number of nitrogens with one attached hydrogen (secondary N) is 2. The van der Waals surface area contributed by atoms with Crippen molar-refractivity contribution in [3.05, 3.63) is 0 Å². The Hall–Kier alpha value is -0.570. The first-order valence-electron chi connectivity index (χ1n) is 8.12. The van der Waals surface area contributed by atoms with Gasteiger partial charge in [-0.2, -0.15) is 0 Å². The van der Waals surface area contributed by atoms with E-state index in [4.69, 9.17) is 0 Å². The second-order valence-corrected chi connectivity index (χ2v) is 6.88. The zero-order valence-electron chi connectivity index (χ0n) is 12.6. The summed E-state index contributed by atoms with van der Waals surface area (Å²) in [5.74, 6) is 0.257. The lowest BCUT2D eigenvalue weighted by atomic mass is 9.71. The molecule has 0 saturated heterocycles. The van der Waals surface area contributed by atoms with E-state index in [9.17, 15) is 4.79 Å². The van der Waals surface area contributed by atoms with Gasteiger partial charge in [0.25, 0.3) is 0 Å². The quantitative estimate of drug-likeness (QED) is 0.751. The molecule has 0 unspecified atom stereocenters. The van der Waals surface area contributed by atoms with Crippen molar-refractivity contribution in [3.63, 3.8) is 0 Å². The molecule has 3 heteroatoms. The van der Waals surface area contributed by atoms with Crippen LogP contribution < -0.4 is 10.6 Å². The molecule has 110 valence electrons. The molecule has 0 aromatic heterocycles. The van der Waals surface area contributed by atoms with Crippen LogP contribution in [0.5, 0.6) is 0 Å². The van der Waals surface area contributed by atoms with Crippen LogP contribution in [0.15, 0.2) is 0 Å². The summed E-state index contributed by atoms with van der Waals surface area (Å²) in [5.41, 5.74) is 0.726. The lowest BCUT2D eigenvalue weighted by molar-refractivity contribution is -0.123. The molecule has 3 nitrogen and oxygen atoms in total. The molecule has 1 spiro atoms. The largest absolute Gasteiger partial charge is 0.355 e. The fourth-order valence-electron chi connectivity index (χ4n) is 3.73. The van der Waals surface area contributed by atoms with Crippen LogP contribution in [0.4, 0.5) is 0 Å². The smallest absolute Gasteiger partial charge is 0.222 e. The Bertz CT molecular complexity index is 285. The van der Waals surface area contributed by atoms with Crippen molar-refractivity contribution >= 4 is 5.91 Å². The Morgan fingerprint density at radius 2 is 1.74 bits per heavy atom. The van der Waals surface area contributed by atoms with E-state index in [0.29, 0.717) is 6.04 Å². The molecule has 2 saturated carbocycles. The maximum atomic E-state index is 11.4. The zero-order valence-corrected chi connectivity index (χ0v) is 12.6. The summed E-state index contributed by atoms with van der Waals surface area (Å²) < 4.78 is 0. The maximum absolute atomic E-state index is 11.4. The van der Waals surface area contributed by atoms with E-state index in [2.05, 4.69) is 10.6 Å². The van der Waals surface area contributed by atoms with Crippen LogP contribution in [-0.4, -0.2) is 25.0 Å². The number of hydrogen-bond acceptors (Lipinski definition) is 2. The highest BCUT2D eigenvalue weighted by molar-refractivity contribution is 5.77. The van der Waals surface area contributed by atoms with Gasteiger partial charge in [-0.1, -0.05) is 26.7 Å². The van der Waals surface area contributed by atoms with Crippen molar-refractivity contribution < 1.29 is 4.79 Å². The minimum absolute atomic E-state index is 0.0944. The first-order chi connectivity index (χ1) is 9.11. The van der Waals surface area contributed by atoms with Gasteiger partial charge in [-0.25, -0.2) is 0 Å². The van der Waals surface area contributed by atoms with Gasteiger partial charge in [-0.05, 0) is 43.9 Å². The van der Waals surface area contributed by atoms with E-state index in [1.165, 1.54) is 51.4 Å². The molecule has 0 aliphatic heterocycles. The van der Waals surface area contributed by atoms with Crippen molar-refractivity contribution in [3.8, 4) is 0 Å². The molecular weight excluding hydrogens is 236 g/mol. The highest BCUT2D eigenvalue weighted by Crippen LogP contribution is 2.48. The SMILES string of the molecule is CC(C)C(=O)NCCNC1CCC2(CCCC2)CC1. The average Bonchev–Trinajstić information content (AvgIpc) is 2.85. The van der Waals surface area contributed by atoms with Crippen molar-refractivity contribution in [1.82, 2.24) is 10.6 Å². The van der Waals surface area contributed by atoms with Gasteiger partial charge in [0.1, 0.15) is 0 Å². The van der Waals surface area contributed by atoms with E-state index in [0.717, 1.165) is 18.5 Å². The third-order valence-electron chi connectivity index (χ3n) is 5.09.